The van der Waals surface area contributed by atoms with Crippen molar-refractivity contribution in [3.8, 4) is 6.07 Å². The topological polar surface area (TPSA) is 52.9 Å². The highest BCUT2D eigenvalue weighted by molar-refractivity contribution is 7.98. The highest BCUT2D eigenvalue weighted by atomic mass is 32.2. The van der Waals surface area contributed by atoms with Gasteiger partial charge in [-0.3, -0.25) is 4.79 Å². The van der Waals surface area contributed by atoms with Crippen LogP contribution in [0, 0.1) is 11.3 Å². The van der Waals surface area contributed by atoms with Crippen molar-refractivity contribution in [1.29, 1.82) is 5.26 Å². The van der Waals surface area contributed by atoms with Gasteiger partial charge in [-0.1, -0.05) is 12.1 Å². The summed E-state index contributed by atoms with van der Waals surface area (Å²) in [4.78, 5) is 13.1. The second-order valence-electron chi connectivity index (χ2n) is 4.22. The minimum absolute atomic E-state index is 0.111. The van der Waals surface area contributed by atoms with Crippen molar-refractivity contribution in [1.82, 2.24) is 5.32 Å². The molecule has 2 aromatic carbocycles. The SMILES string of the molecule is CSc1ccc(C(=O)NCc2cccc(C#N)c2)cc1. The molecule has 0 aliphatic rings. The van der Waals surface area contributed by atoms with Crippen molar-refractivity contribution >= 4 is 17.7 Å². The van der Waals surface area contributed by atoms with E-state index in [1.54, 1.807) is 23.9 Å². The Morgan fingerprint density at radius 3 is 2.65 bits per heavy atom. The molecule has 1 amide bonds. The van der Waals surface area contributed by atoms with E-state index in [9.17, 15) is 4.79 Å². The molecule has 0 radical (unpaired) electrons. The Kier molecular flexibility index (Phi) is 4.80. The fourth-order valence-electron chi connectivity index (χ4n) is 1.78. The van der Waals surface area contributed by atoms with Crippen molar-refractivity contribution < 1.29 is 4.79 Å². The van der Waals surface area contributed by atoms with Crippen LogP contribution in [0.4, 0.5) is 0 Å². The first-order chi connectivity index (χ1) is 9.72. The van der Waals surface area contributed by atoms with Gasteiger partial charge in [0.15, 0.2) is 0 Å². The molecule has 0 spiro atoms. The van der Waals surface area contributed by atoms with Crippen LogP contribution in [0.5, 0.6) is 0 Å². The molecule has 0 aliphatic heterocycles. The summed E-state index contributed by atoms with van der Waals surface area (Å²) in [6, 6.07) is 16.8. The second-order valence-corrected chi connectivity index (χ2v) is 5.10. The first-order valence-electron chi connectivity index (χ1n) is 6.14. The van der Waals surface area contributed by atoms with E-state index in [2.05, 4.69) is 11.4 Å². The molecule has 0 atom stereocenters. The molecule has 100 valence electrons. The first kappa shape index (κ1) is 14.2. The number of carbonyl (C=O) groups excluding carboxylic acids is 1. The van der Waals surface area contributed by atoms with Crippen molar-refractivity contribution in [3.63, 3.8) is 0 Å². The fourth-order valence-corrected chi connectivity index (χ4v) is 2.19. The predicted octanol–water partition coefficient (Wildman–Crippen LogP) is 3.21. The Bertz CT molecular complexity index is 644. The first-order valence-corrected chi connectivity index (χ1v) is 7.36. The minimum atomic E-state index is -0.111. The van der Waals surface area contributed by atoms with Crippen LogP contribution in [0.3, 0.4) is 0 Å². The van der Waals surface area contributed by atoms with Crippen LogP contribution in [0.2, 0.25) is 0 Å². The summed E-state index contributed by atoms with van der Waals surface area (Å²) in [6.45, 7) is 0.415. The van der Waals surface area contributed by atoms with Gasteiger partial charge >= 0.3 is 0 Å². The molecular formula is C16H14N2OS. The Balaban J connectivity index is 1.99. The molecular weight excluding hydrogens is 268 g/mol. The lowest BCUT2D eigenvalue weighted by Crippen LogP contribution is -2.22. The largest absolute Gasteiger partial charge is 0.348 e. The number of carbonyl (C=O) groups is 1. The van der Waals surface area contributed by atoms with E-state index in [0.717, 1.165) is 10.5 Å². The second kappa shape index (κ2) is 6.78. The number of rotatable bonds is 4. The van der Waals surface area contributed by atoms with Gasteiger partial charge in [-0.05, 0) is 48.2 Å². The van der Waals surface area contributed by atoms with Crippen LogP contribution in [-0.4, -0.2) is 12.2 Å². The van der Waals surface area contributed by atoms with Crippen LogP contribution < -0.4 is 5.32 Å². The molecule has 0 bridgehead atoms. The summed E-state index contributed by atoms with van der Waals surface area (Å²) in [5.74, 6) is -0.111. The summed E-state index contributed by atoms with van der Waals surface area (Å²) in [6.07, 6.45) is 2.00. The fraction of sp³-hybridized carbons (Fsp3) is 0.125. The van der Waals surface area contributed by atoms with Crippen molar-refractivity contribution in [3.05, 3.63) is 65.2 Å². The van der Waals surface area contributed by atoms with Crippen LogP contribution >= 0.6 is 11.8 Å². The Morgan fingerprint density at radius 1 is 1.25 bits per heavy atom. The molecule has 0 heterocycles. The van der Waals surface area contributed by atoms with E-state index in [1.165, 1.54) is 0 Å². The van der Waals surface area contributed by atoms with Gasteiger partial charge in [0.1, 0.15) is 0 Å². The highest BCUT2D eigenvalue weighted by Crippen LogP contribution is 2.14. The molecule has 0 saturated carbocycles. The number of hydrogen-bond donors (Lipinski definition) is 1. The number of amides is 1. The van der Waals surface area contributed by atoms with E-state index >= 15 is 0 Å². The maximum atomic E-state index is 12.0. The molecule has 4 heteroatoms. The molecule has 2 aromatic rings. The molecule has 0 fully saturated rings. The third-order valence-corrected chi connectivity index (χ3v) is 3.60. The predicted molar refractivity (Wildman–Crippen MR) is 80.6 cm³/mol. The van der Waals surface area contributed by atoms with Crippen molar-refractivity contribution in [2.24, 2.45) is 0 Å². The Morgan fingerprint density at radius 2 is 2.00 bits per heavy atom. The van der Waals surface area contributed by atoms with E-state index in [4.69, 9.17) is 5.26 Å². The molecule has 20 heavy (non-hydrogen) atoms. The van der Waals surface area contributed by atoms with Gasteiger partial charge in [0.25, 0.3) is 5.91 Å². The number of thioether (sulfide) groups is 1. The molecule has 0 aliphatic carbocycles. The van der Waals surface area contributed by atoms with Gasteiger partial charge in [0, 0.05) is 17.0 Å². The summed E-state index contributed by atoms with van der Waals surface area (Å²) in [7, 11) is 0. The summed E-state index contributed by atoms with van der Waals surface area (Å²) in [5.41, 5.74) is 2.15. The van der Waals surface area contributed by atoms with Crippen molar-refractivity contribution in [2.75, 3.05) is 6.26 Å². The van der Waals surface area contributed by atoms with Gasteiger partial charge in [-0.15, -0.1) is 11.8 Å². The zero-order valence-electron chi connectivity index (χ0n) is 11.1. The average Bonchev–Trinajstić information content (AvgIpc) is 2.53. The maximum Gasteiger partial charge on any atom is 0.251 e. The van der Waals surface area contributed by atoms with E-state index in [1.807, 2.05) is 42.7 Å². The monoisotopic (exact) mass is 282 g/mol. The zero-order chi connectivity index (χ0) is 14.4. The molecule has 2 rings (SSSR count). The van der Waals surface area contributed by atoms with Crippen molar-refractivity contribution in [2.45, 2.75) is 11.4 Å². The van der Waals surface area contributed by atoms with E-state index in [-0.39, 0.29) is 5.91 Å². The highest BCUT2D eigenvalue weighted by Gasteiger charge is 2.05. The van der Waals surface area contributed by atoms with Crippen LogP contribution in [-0.2, 0) is 6.54 Å². The molecule has 0 unspecified atom stereocenters. The van der Waals surface area contributed by atoms with Crippen LogP contribution in [0.25, 0.3) is 0 Å². The zero-order valence-corrected chi connectivity index (χ0v) is 11.9. The third kappa shape index (κ3) is 3.62. The van der Waals surface area contributed by atoms with Gasteiger partial charge in [0.05, 0.1) is 11.6 Å². The van der Waals surface area contributed by atoms with E-state index in [0.29, 0.717) is 17.7 Å². The molecule has 3 nitrogen and oxygen atoms in total. The lowest BCUT2D eigenvalue weighted by atomic mass is 10.1. The molecule has 0 aromatic heterocycles. The summed E-state index contributed by atoms with van der Waals surface area (Å²) in [5, 5.41) is 11.7. The van der Waals surface area contributed by atoms with Gasteiger partial charge < -0.3 is 5.32 Å². The lowest BCUT2D eigenvalue weighted by molar-refractivity contribution is 0.0951. The Hall–Kier alpha value is -2.25. The third-order valence-electron chi connectivity index (χ3n) is 2.86. The Labute approximate surface area is 122 Å². The standard InChI is InChI=1S/C16H14N2OS/c1-20-15-7-5-14(6-8-15)16(19)18-11-13-4-2-3-12(9-13)10-17/h2-9H,11H2,1H3,(H,18,19). The van der Waals surface area contributed by atoms with Gasteiger partial charge in [-0.2, -0.15) is 5.26 Å². The molecule has 0 saturated heterocycles. The minimum Gasteiger partial charge on any atom is -0.348 e. The van der Waals surface area contributed by atoms with E-state index < -0.39 is 0 Å². The van der Waals surface area contributed by atoms with Crippen LogP contribution in [0.15, 0.2) is 53.4 Å². The molecule has 1 N–H and O–H groups in total. The smallest absolute Gasteiger partial charge is 0.251 e. The number of benzene rings is 2. The van der Waals surface area contributed by atoms with Gasteiger partial charge in [-0.25, -0.2) is 0 Å². The number of nitrogens with one attached hydrogen (secondary N) is 1. The van der Waals surface area contributed by atoms with Crippen LogP contribution in [0.1, 0.15) is 21.5 Å². The lowest BCUT2D eigenvalue weighted by Gasteiger charge is -2.06. The normalized spacial score (nSPS) is 9.80. The quantitative estimate of drug-likeness (QED) is 0.876. The number of nitrogens with zero attached hydrogens (tertiary/aromatic N) is 1. The van der Waals surface area contributed by atoms with Gasteiger partial charge in [0.2, 0.25) is 0 Å². The number of hydrogen-bond acceptors (Lipinski definition) is 3. The maximum absolute atomic E-state index is 12.0. The average molecular weight is 282 g/mol. The summed E-state index contributed by atoms with van der Waals surface area (Å²) >= 11 is 1.64. The number of nitriles is 1. The summed E-state index contributed by atoms with van der Waals surface area (Å²) < 4.78 is 0.